The minimum Gasteiger partial charge on any atom is -0.327 e. The number of amides is 1. The van der Waals surface area contributed by atoms with Gasteiger partial charge in [-0.1, -0.05) is 78.5 Å². The van der Waals surface area contributed by atoms with Crippen LogP contribution in [0.3, 0.4) is 0 Å². The molecule has 1 aliphatic heterocycles. The third-order valence-electron chi connectivity index (χ3n) is 5.17. The van der Waals surface area contributed by atoms with Gasteiger partial charge in [0.2, 0.25) is 0 Å². The van der Waals surface area contributed by atoms with Gasteiger partial charge in [0, 0.05) is 15.4 Å². The summed E-state index contributed by atoms with van der Waals surface area (Å²) in [5.41, 5.74) is 3.30. The maximum absolute atomic E-state index is 13.3. The van der Waals surface area contributed by atoms with Gasteiger partial charge in [0.05, 0.1) is 12.6 Å². The van der Waals surface area contributed by atoms with Crippen molar-refractivity contribution in [2.24, 2.45) is 0 Å². The van der Waals surface area contributed by atoms with Gasteiger partial charge < -0.3 is 4.90 Å². The summed E-state index contributed by atoms with van der Waals surface area (Å²) in [4.78, 5) is 17.8. The average Bonchev–Trinajstić information content (AvgIpc) is 3.05. The lowest BCUT2D eigenvalue weighted by Gasteiger charge is -2.26. The number of hydrogen-bond acceptors (Lipinski definition) is 2. The number of carbonyl (C=O) groups is 1. The molecule has 3 aromatic carbocycles. The van der Waals surface area contributed by atoms with Gasteiger partial charge in [-0.2, -0.15) is 0 Å². The summed E-state index contributed by atoms with van der Waals surface area (Å²) in [7, 11) is 0. The van der Waals surface area contributed by atoms with Crippen LogP contribution in [0.15, 0.2) is 106 Å². The summed E-state index contributed by atoms with van der Waals surface area (Å²) in [6, 6.07) is 30.5. The van der Waals surface area contributed by atoms with Crippen molar-refractivity contribution in [3.63, 3.8) is 0 Å². The highest BCUT2D eigenvalue weighted by Gasteiger charge is 2.34. The van der Waals surface area contributed by atoms with Gasteiger partial charge >= 0.3 is 0 Å². The van der Waals surface area contributed by atoms with Gasteiger partial charge in [0.25, 0.3) is 5.91 Å². The maximum atomic E-state index is 13.3. The second-order valence-corrected chi connectivity index (χ2v) is 8.19. The van der Waals surface area contributed by atoms with Crippen molar-refractivity contribution in [1.82, 2.24) is 4.90 Å². The summed E-state index contributed by atoms with van der Waals surface area (Å²) in [5.74, 6) is 0.101. The van der Waals surface area contributed by atoms with Crippen LogP contribution in [-0.2, 0) is 6.42 Å². The molecule has 0 bridgehead atoms. The maximum Gasteiger partial charge on any atom is 0.254 e. The second-order valence-electron chi connectivity index (χ2n) is 7.03. The minimum atomic E-state index is 0.0846. The summed E-state index contributed by atoms with van der Waals surface area (Å²) >= 11 is 1.78. The van der Waals surface area contributed by atoms with Crippen LogP contribution >= 0.6 is 11.8 Å². The smallest absolute Gasteiger partial charge is 0.254 e. The molecule has 1 heterocycles. The summed E-state index contributed by atoms with van der Waals surface area (Å²) in [6.07, 6.45) is 0.837. The van der Waals surface area contributed by atoms with Crippen LogP contribution in [0.5, 0.6) is 0 Å². The quantitative estimate of drug-likeness (QED) is 0.551. The summed E-state index contributed by atoms with van der Waals surface area (Å²) < 4.78 is 0. The van der Waals surface area contributed by atoms with E-state index in [4.69, 9.17) is 0 Å². The van der Waals surface area contributed by atoms with E-state index in [1.54, 1.807) is 11.8 Å². The van der Waals surface area contributed by atoms with Crippen molar-refractivity contribution >= 4 is 17.7 Å². The molecular weight excluding hydrogens is 362 g/mol. The molecule has 0 aromatic heterocycles. The third-order valence-corrected chi connectivity index (χ3v) is 6.37. The highest BCUT2D eigenvalue weighted by atomic mass is 32.2. The zero-order valence-electron chi connectivity index (χ0n) is 15.9. The van der Waals surface area contributed by atoms with Crippen molar-refractivity contribution in [1.29, 1.82) is 0 Å². The monoisotopic (exact) mass is 385 g/mol. The number of rotatable bonds is 5. The normalized spacial score (nSPS) is 16.5. The Morgan fingerprint density at radius 1 is 0.893 bits per heavy atom. The Morgan fingerprint density at radius 2 is 1.46 bits per heavy atom. The molecule has 2 nitrogen and oxygen atoms in total. The topological polar surface area (TPSA) is 20.3 Å². The van der Waals surface area contributed by atoms with Gasteiger partial charge in [0.15, 0.2) is 0 Å². The molecule has 0 fully saturated rings. The number of carbonyl (C=O) groups excluding carboxylic acids is 1. The van der Waals surface area contributed by atoms with Crippen molar-refractivity contribution in [2.75, 3.05) is 6.54 Å². The third kappa shape index (κ3) is 4.05. The molecule has 1 aliphatic rings. The predicted molar refractivity (Wildman–Crippen MR) is 116 cm³/mol. The van der Waals surface area contributed by atoms with E-state index in [9.17, 15) is 4.79 Å². The number of nitrogens with zero attached hydrogens (tertiary/aromatic N) is 1. The molecule has 0 spiro atoms. The van der Waals surface area contributed by atoms with Crippen LogP contribution in [-0.4, -0.2) is 23.4 Å². The lowest BCUT2D eigenvalue weighted by atomic mass is 10.0. The highest BCUT2D eigenvalue weighted by molar-refractivity contribution is 8.03. The van der Waals surface area contributed by atoms with E-state index in [0.717, 1.165) is 12.0 Å². The standard InChI is InChI=1S/C25H23NOS/c1-19-23(17-20-11-5-2-6-12-20)26(25(27)21-13-7-3-8-14-21)18-24(19)28-22-15-9-4-10-16-22/h2-16,23H,17-18H2,1H3/t23-/m0/s1. The molecule has 0 unspecified atom stereocenters. The molecule has 1 atom stereocenters. The van der Waals surface area contributed by atoms with Crippen molar-refractivity contribution < 1.29 is 4.79 Å². The average molecular weight is 386 g/mol. The minimum absolute atomic E-state index is 0.0846. The number of benzene rings is 3. The van der Waals surface area contributed by atoms with Crippen LogP contribution in [0.25, 0.3) is 0 Å². The van der Waals surface area contributed by atoms with Gasteiger partial charge in [-0.05, 0) is 48.7 Å². The first-order chi connectivity index (χ1) is 13.7. The Labute approximate surface area is 170 Å². The highest BCUT2D eigenvalue weighted by Crippen LogP contribution is 2.38. The van der Waals surface area contributed by atoms with Crippen LogP contribution in [0.2, 0.25) is 0 Å². The summed E-state index contributed by atoms with van der Waals surface area (Å²) in [5, 5.41) is 0. The largest absolute Gasteiger partial charge is 0.327 e. The van der Waals surface area contributed by atoms with Crippen molar-refractivity contribution in [3.05, 3.63) is 113 Å². The first-order valence-corrected chi connectivity index (χ1v) is 10.4. The molecule has 3 aromatic rings. The Hall–Kier alpha value is -2.78. The van der Waals surface area contributed by atoms with E-state index in [2.05, 4.69) is 55.5 Å². The molecule has 4 rings (SSSR count). The van der Waals surface area contributed by atoms with Crippen LogP contribution in [0.4, 0.5) is 0 Å². The number of hydrogen-bond donors (Lipinski definition) is 0. The van der Waals surface area contributed by atoms with Gasteiger partial charge in [-0.15, -0.1) is 0 Å². The van der Waals surface area contributed by atoms with E-state index >= 15 is 0 Å². The van der Waals surface area contributed by atoms with Gasteiger partial charge in [-0.25, -0.2) is 0 Å². The molecule has 0 N–H and O–H groups in total. The Morgan fingerprint density at radius 3 is 2.11 bits per heavy atom. The first kappa shape index (κ1) is 18.6. The fourth-order valence-electron chi connectivity index (χ4n) is 3.61. The van der Waals surface area contributed by atoms with Crippen molar-refractivity contribution in [2.45, 2.75) is 24.3 Å². The summed E-state index contributed by atoms with van der Waals surface area (Å²) in [6.45, 7) is 2.84. The molecule has 3 heteroatoms. The van der Waals surface area contributed by atoms with Gasteiger partial charge in [0.1, 0.15) is 0 Å². The molecule has 1 amide bonds. The van der Waals surface area contributed by atoms with E-state index < -0.39 is 0 Å². The number of thioether (sulfide) groups is 1. The molecule has 28 heavy (non-hydrogen) atoms. The lowest BCUT2D eigenvalue weighted by Crippen LogP contribution is -2.38. The van der Waals surface area contributed by atoms with E-state index in [0.29, 0.717) is 6.54 Å². The predicted octanol–water partition coefficient (Wildman–Crippen LogP) is 5.82. The van der Waals surface area contributed by atoms with Gasteiger partial charge in [-0.3, -0.25) is 4.79 Å². The molecule has 140 valence electrons. The van der Waals surface area contributed by atoms with E-state index in [1.165, 1.54) is 20.9 Å². The molecule has 0 saturated carbocycles. The van der Waals surface area contributed by atoms with Crippen LogP contribution in [0, 0.1) is 0 Å². The first-order valence-electron chi connectivity index (χ1n) is 9.55. The SMILES string of the molecule is CC1=C(Sc2ccccc2)CN(C(=O)c2ccccc2)[C@H]1Cc1ccccc1. The molecule has 0 aliphatic carbocycles. The van der Waals surface area contributed by atoms with E-state index in [1.807, 2.05) is 47.4 Å². The lowest BCUT2D eigenvalue weighted by molar-refractivity contribution is 0.0744. The molecule has 0 radical (unpaired) electrons. The molecular formula is C25H23NOS. The Kier molecular flexibility index (Phi) is 5.63. The zero-order valence-corrected chi connectivity index (χ0v) is 16.7. The van der Waals surface area contributed by atoms with E-state index in [-0.39, 0.29) is 11.9 Å². The Bertz CT molecular complexity index is 967. The van der Waals surface area contributed by atoms with Crippen LogP contribution in [0.1, 0.15) is 22.8 Å². The fourth-order valence-corrected chi connectivity index (χ4v) is 4.69. The van der Waals surface area contributed by atoms with Crippen molar-refractivity contribution in [3.8, 4) is 0 Å². The molecule has 0 saturated heterocycles. The zero-order chi connectivity index (χ0) is 19.3. The second kappa shape index (κ2) is 8.49. The fraction of sp³-hybridized carbons (Fsp3) is 0.160. The van der Waals surface area contributed by atoms with Crippen LogP contribution < -0.4 is 0 Å². The Balaban J connectivity index is 1.64.